The van der Waals surface area contributed by atoms with Crippen molar-refractivity contribution in [3.8, 4) is 17.2 Å². The predicted molar refractivity (Wildman–Crippen MR) is 126 cm³/mol. The molecule has 33 heavy (non-hydrogen) atoms. The van der Waals surface area contributed by atoms with Crippen molar-refractivity contribution >= 4 is 28.9 Å². The van der Waals surface area contributed by atoms with Crippen molar-refractivity contribution in [3.63, 3.8) is 0 Å². The van der Waals surface area contributed by atoms with Crippen LogP contribution < -0.4 is 25.0 Å². The number of amides is 2. The van der Waals surface area contributed by atoms with Crippen molar-refractivity contribution in [2.45, 2.75) is 20.8 Å². The van der Waals surface area contributed by atoms with E-state index in [1.807, 2.05) is 45.0 Å². The highest BCUT2D eigenvalue weighted by Gasteiger charge is 2.18. The number of aromatic nitrogens is 1. The molecule has 0 atom stereocenters. The fraction of sp³-hybridized carbons (Fsp3) is 0.292. The molecule has 3 N–H and O–H groups in total. The Labute approximate surface area is 192 Å². The van der Waals surface area contributed by atoms with E-state index in [0.29, 0.717) is 42.6 Å². The normalized spacial score (nSPS) is 10.9. The number of para-hydroxylation sites is 1. The van der Waals surface area contributed by atoms with Crippen LogP contribution in [0.5, 0.6) is 17.2 Å². The Bertz CT molecular complexity index is 1110. The molecule has 9 nitrogen and oxygen atoms in total. The molecule has 9 heteroatoms. The van der Waals surface area contributed by atoms with E-state index in [0.717, 1.165) is 16.5 Å². The van der Waals surface area contributed by atoms with Gasteiger partial charge in [0.25, 0.3) is 11.8 Å². The van der Waals surface area contributed by atoms with Gasteiger partial charge >= 0.3 is 0 Å². The Morgan fingerprint density at radius 1 is 1.00 bits per heavy atom. The first kappa shape index (κ1) is 23.6. The number of hydrogen-bond acceptors (Lipinski definition) is 6. The summed E-state index contributed by atoms with van der Waals surface area (Å²) in [7, 11) is 0. The number of fused-ring (bicyclic) bond motifs is 1. The number of hydrazone groups is 1. The number of aromatic amines is 1. The third kappa shape index (κ3) is 6.03. The maximum atomic E-state index is 12.7. The van der Waals surface area contributed by atoms with Crippen molar-refractivity contribution in [1.82, 2.24) is 15.7 Å². The van der Waals surface area contributed by atoms with E-state index in [-0.39, 0.29) is 6.54 Å². The SMILES string of the molecule is CCOc1cc(C(=O)NCC(=O)NN=Cc2c[nH]c3ccccc23)cc(OCC)c1OCC. The lowest BCUT2D eigenvalue weighted by Crippen LogP contribution is -2.35. The number of H-pyrrole nitrogens is 1. The molecule has 0 bridgehead atoms. The zero-order chi connectivity index (χ0) is 23.6. The molecule has 0 aliphatic heterocycles. The minimum absolute atomic E-state index is 0.245. The van der Waals surface area contributed by atoms with Crippen LogP contribution in [0, 0.1) is 0 Å². The van der Waals surface area contributed by atoms with Crippen molar-refractivity contribution in [2.75, 3.05) is 26.4 Å². The first-order chi connectivity index (χ1) is 16.1. The quantitative estimate of drug-likeness (QED) is 0.305. The van der Waals surface area contributed by atoms with Crippen molar-refractivity contribution in [1.29, 1.82) is 0 Å². The van der Waals surface area contributed by atoms with E-state index in [1.165, 1.54) is 0 Å². The van der Waals surface area contributed by atoms with Crippen LogP contribution in [0.4, 0.5) is 0 Å². The molecule has 0 fully saturated rings. The topological polar surface area (TPSA) is 114 Å². The first-order valence-electron chi connectivity index (χ1n) is 10.8. The lowest BCUT2D eigenvalue weighted by atomic mass is 10.1. The molecule has 0 aliphatic rings. The zero-order valence-corrected chi connectivity index (χ0v) is 18.9. The molecule has 0 aliphatic carbocycles. The van der Waals surface area contributed by atoms with Gasteiger partial charge in [0.15, 0.2) is 11.5 Å². The van der Waals surface area contributed by atoms with Crippen LogP contribution in [0.3, 0.4) is 0 Å². The summed E-state index contributed by atoms with van der Waals surface area (Å²) in [5.74, 6) is 0.352. The highest BCUT2D eigenvalue weighted by atomic mass is 16.5. The molecule has 0 spiro atoms. The summed E-state index contributed by atoms with van der Waals surface area (Å²) in [6.07, 6.45) is 3.35. The standard InChI is InChI=1S/C24H28N4O5/c1-4-31-20-11-16(12-21(32-5-2)23(20)33-6-3)24(30)26-15-22(29)28-27-14-17-13-25-19-10-8-7-9-18(17)19/h7-14,25H,4-6,15H2,1-3H3,(H,26,30)(H,28,29). The number of hydrogen-bond donors (Lipinski definition) is 3. The highest BCUT2D eigenvalue weighted by Crippen LogP contribution is 2.39. The fourth-order valence-electron chi connectivity index (χ4n) is 3.20. The molecule has 174 valence electrons. The van der Waals surface area contributed by atoms with E-state index >= 15 is 0 Å². The van der Waals surface area contributed by atoms with Crippen molar-refractivity contribution in [2.24, 2.45) is 5.10 Å². The van der Waals surface area contributed by atoms with E-state index in [4.69, 9.17) is 14.2 Å². The fourth-order valence-corrected chi connectivity index (χ4v) is 3.20. The molecule has 0 radical (unpaired) electrons. The number of carbonyl (C=O) groups is 2. The van der Waals surface area contributed by atoms with Gasteiger partial charge < -0.3 is 24.5 Å². The molecule has 3 aromatic rings. The number of ether oxygens (including phenoxy) is 3. The minimum Gasteiger partial charge on any atom is -0.490 e. The minimum atomic E-state index is -0.458. The van der Waals surface area contributed by atoms with E-state index in [2.05, 4.69) is 20.8 Å². The van der Waals surface area contributed by atoms with Gasteiger partial charge in [-0.25, -0.2) is 5.43 Å². The van der Waals surface area contributed by atoms with Gasteiger partial charge in [-0.15, -0.1) is 0 Å². The Morgan fingerprint density at radius 2 is 1.67 bits per heavy atom. The van der Waals surface area contributed by atoms with Crippen LogP contribution in [0.25, 0.3) is 10.9 Å². The van der Waals surface area contributed by atoms with Crippen LogP contribution in [-0.4, -0.2) is 49.4 Å². The number of carbonyl (C=O) groups excluding carboxylic acids is 2. The second kappa shape index (κ2) is 11.6. The molecule has 0 saturated heterocycles. The first-order valence-corrected chi connectivity index (χ1v) is 10.8. The Morgan fingerprint density at radius 3 is 2.33 bits per heavy atom. The smallest absolute Gasteiger partial charge is 0.259 e. The van der Waals surface area contributed by atoms with Gasteiger partial charge in [0.05, 0.1) is 32.6 Å². The summed E-state index contributed by atoms with van der Waals surface area (Å²) in [5.41, 5.74) is 4.53. The summed E-state index contributed by atoms with van der Waals surface area (Å²) in [4.78, 5) is 27.9. The molecule has 0 unspecified atom stereocenters. The van der Waals surface area contributed by atoms with Crippen LogP contribution in [0.2, 0.25) is 0 Å². The molecular formula is C24H28N4O5. The number of nitrogens with one attached hydrogen (secondary N) is 3. The van der Waals surface area contributed by atoms with Gasteiger partial charge in [-0.1, -0.05) is 18.2 Å². The highest BCUT2D eigenvalue weighted by molar-refractivity contribution is 6.00. The maximum absolute atomic E-state index is 12.7. The van der Waals surface area contributed by atoms with Gasteiger partial charge in [-0.05, 0) is 39.0 Å². The molecular weight excluding hydrogens is 424 g/mol. The van der Waals surface area contributed by atoms with E-state index in [1.54, 1.807) is 24.5 Å². The predicted octanol–water partition coefficient (Wildman–Crippen LogP) is 3.24. The molecule has 2 amide bonds. The van der Waals surface area contributed by atoms with Crippen LogP contribution in [0.1, 0.15) is 36.7 Å². The summed E-state index contributed by atoms with van der Waals surface area (Å²) in [5, 5.41) is 7.55. The lowest BCUT2D eigenvalue weighted by molar-refractivity contribution is -0.120. The average Bonchev–Trinajstić information content (AvgIpc) is 3.23. The van der Waals surface area contributed by atoms with Gasteiger partial charge in [-0.2, -0.15) is 5.10 Å². The average molecular weight is 453 g/mol. The van der Waals surface area contributed by atoms with E-state index < -0.39 is 11.8 Å². The summed E-state index contributed by atoms with van der Waals surface area (Å²) in [6.45, 7) is 6.50. The van der Waals surface area contributed by atoms with Crippen molar-refractivity contribution < 1.29 is 23.8 Å². The Balaban J connectivity index is 1.62. The second-order valence-corrected chi connectivity index (χ2v) is 6.87. The van der Waals surface area contributed by atoms with Gasteiger partial charge in [0, 0.05) is 28.2 Å². The maximum Gasteiger partial charge on any atom is 0.259 e. The molecule has 0 saturated carbocycles. The summed E-state index contributed by atoms with van der Waals surface area (Å²) >= 11 is 0. The van der Waals surface area contributed by atoms with Crippen LogP contribution in [0.15, 0.2) is 47.7 Å². The van der Waals surface area contributed by atoms with Crippen molar-refractivity contribution in [3.05, 3.63) is 53.7 Å². The van der Waals surface area contributed by atoms with Gasteiger partial charge in [0.1, 0.15) is 0 Å². The third-order valence-corrected chi connectivity index (χ3v) is 4.59. The molecule has 1 aromatic heterocycles. The largest absolute Gasteiger partial charge is 0.490 e. The monoisotopic (exact) mass is 452 g/mol. The molecule has 2 aromatic carbocycles. The summed E-state index contributed by atoms with van der Waals surface area (Å²) < 4.78 is 16.9. The zero-order valence-electron chi connectivity index (χ0n) is 18.9. The van der Waals surface area contributed by atoms with Crippen LogP contribution >= 0.6 is 0 Å². The Hall–Kier alpha value is -4.01. The van der Waals surface area contributed by atoms with Crippen LogP contribution in [-0.2, 0) is 4.79 Å². The number of nitrogens with zero attached hydrogens (tertiary/aromatic N) is 1. The lowest BCUT2D eigenvalue weighted by Gasteiger charge is -2.17. The molecule has 1 heterocycles. The number of benzene rings is 2. The second-order valence-electron chi connectivity index (χ2n) is 6.87. The summed E-state index contributed by atoms with van der Waals surface area (Å²) in [6, 6.07) is 10.9. The van der Waals surface area contributed by atoms with E-state index in [9.17, 15) is 9.59 Å². The van der Waals surface area contributed by atoms with Gasteiger partial charge in [0.2, 0.25) is 5.75 Å². The van der Waals surface area contributed by atoms with Gasteiger partial charge in [-0.3, -0.25) is 9.59 Å². The number of rotatable bonds is 11. The Kier molecular flexibility index (Phi) is 8.29. The molecule has 3 rings (SSSR count). The third-order valence-electron chi connectivity index (χ3n) is 4.59.